The Balaban J connectivity index is 0.000000319. The topological polar surface area (TPSA) is 182 Å². The van der Waals surface area contributed by atoms with Crippen LogP contribution in [-0.4, -0.2) is 52.7 Å². The number of nitro benzene ring substituents is 1. The van der Waals surface area contributed by atoms with Crippen molar-refractivity contribution in [3.8, 4) is 0 Å². The molecule has 0 fully saturated rings. The first-order chi connectivity index (χ1) is 18.7. The molecule has 0 aromatic heterocycles. The van der Waals surface area contributed by atoms with Crippen LogP contribution in [0, 0.1) is 10.1 Å². The largest absolute Gasteiger partial charge is 0.478 e. The van der Waals surface area contributed by atoms with Gasteiger partial charge in [-0.05, 0) is 46.6 Å². The van der Waals surface area contributed by atoms with Crippen molar-refractivity contribution in [1.82, 2.24) is 5.32 Å². The Kier molecular flexibility index (Phi) is 10.5. The van der Waals surface area contributed by atoms with E-state index < -0.39 is 34.7 Å². The molecule has 12 heteroatoms. The summed E-state index contributed by atoms with van der Waals surface area (Å²) in [5, 5.41) is 32.5. The van der Waals surface area contributed by atoms with E-state index in [1.807, 2.05) is 6.92 Å². The van der Waals surface area contributed by atoms with Crippen LogP contribution in [0.4, 0.5) is 5.69 Å². The summed E-state index contributed by atoms with van der Waals surface area (Å²) in [5.74, 6) is -4.22. The van der Waals surface area contributed by atoms with Gasteiger partial charge in [-0.1, -0.05) is 23.3 Å². The number of esters is 2. The van der Waals surface area contributed by atoms with Crippen molar-refractivity contribution in [2.24, 2.45) is 0 Å². The van der Waals surface area contributed by atoms with Crippen molar-refractivity contribution in [3.63, 3.8) is 0 Å². The number of benzene rings is 1. The van der Waals surface area contributed by atoms with Crippen LogP contribution in [0.15, 0.2) is 69.1 Å². The maximum atomic E-state index is 12.4. The van der Waals surface area contributed by atoms with Crippen molar-refractivity contribution in [2.45, 2.75) is 53.4 Å². The number of allylic oxidation sites excluding steroid dienone is 4. The van der Waals surface area contributed by atoms with Gasteiger partial charge in [-0.25, -0.2) is 19.2 Å². The molecule has 3 N–H and O–H groups in total. The number of non-ortho nitro benzene ring substituents is 1. The van der Waals surface area contributed by atoms with Gasteiger partial charge in [0.2, 0.25) is 0 Å². The van der Waals surface area contributed by atoms with Gasteiger partial charge in [-0.15, -0.1) is 0 Å². The highest BCUT2D eigenvalue weighted by molar-refractivity contribution is 5.99. The molecular formula is C28H32N2O10. The molecule has 1 aliphatic carbocycles. The fraction of sp³-hybridized carbons (Fsp3) is 0.357. The molecule has 0 amide bonds. The molecule has 1 unspecified atom stereocenters. The standard InChI is InChI=1S/C17H18N2O6.C11H14O4/c1-4-25-17(22)14-10(3)18-9(2)13(16(20)21)15(14)11-6-5-7-12(8-11)19(23)24;1-6-4-7(2)9(11(14)15-3)5-8(6)10(12)13/h5-8,15,18H,4H2,1-3H3,(H,20,21);4-5H2,1-3H3,(H,12,13). The Morgan fingerprint density at radius 3 is 2.08 bits per heavy atom. The number of aliphatic carboxylic acids is 2. The number of methoxy groups -OCH3 is 1. The van der Waals surface area contributed by atoms with Crippen LogP contribution in [-0.2, 0) is 28.7 Å². The Bertz CT molecular complexity index is 1380. The lowest BCUT2D eigenvalue weighted by molar-refractivity contribution is -0.384. The van der Waals surface area contributed by atoms with Crippen LogP contribution in [0.1, 0.15) is 58.9 Å². The molecule has 3 rings (SSSR count). The van der Waals surface area contributed by atoms with E-state index in [1.54, 1.807) is 33.8 Å². The van der Waals surface area contributed by atoms with Gasteiger partial charge in [0.25, 0.3) is 5.69 Å². The number of carboxylic acids is 2. The van der Waals surface area contributed by atoms with Gasteiger partial charge in [0.05, 0.1) is 35.7 Å². The molecule has 1 atom stereocenters. The zero-order valence-electron chi connectivity index (χ0n) is 23.1. The van der Waals surface area contributed by atoms with Gasteiger partial charge in [-0.3, -0.25) is 10.1 Å². The highest BCUT2D eigenvalue weighted by Crippen LogP contribution is 2.39. The fourth-order valence-electron chi connectivity index (χ4n) is 4.63. The molecule has 40 heavy (non-hydrogen) atoms. The Morgan fingerprint density at radius 2 is 1.55 bits per heavy atom. The Hall–Kier alpha value is -4.74. The lowest BCUT2D eigenvalue weighted by Gasteiger charge is -2.29. The number of hydrogen-bond donors (Lipinski definition) is 3. The monoisotopic (exact) mass is 556 g/mol. The van der Waals surface area contributed by atoms with Crippen LogP contribution in [0.25, 0.3) is 0 Å². The first-order valence-electron chi connectivity index (χ1n) is 12.3. The molecule has 0 bridgehead atoms. The number of carboxylic acid groups (broad SMARTS) is 2. The van der Waals surface area contributed by atoms with Crippen LogP contribution in [0.5, 0.6) is 0 Å². The van der Waals surface area contributed by atoms with Crippen LogP contribution in [0.2, 0.25) is 0 Å². The average Bonchev–Trinajstić information content (AvgIpc) is 2.87. The van der Waals surface area contributed by atoms with Gasteiger partial charge < -0.3 is 25.0 Å². The fourth-order valence-corrected chi connectivity index (χ4v) is 4.63. The predicted octanol–water partition coefficient (Wildman–Crippen LogP) is 4.15. The Labute approximate surface area is 230 Å². The first kappa shape index (κ1) is 31.5. The molecule has 214 valence electrons. The smallest absolute Gasteiger partial charge is 0.336 e. The van der Waals surface area contributed by atoms with Gasteiger partial charge in [0.1, 0.15) is 0 Å². The normalized spacial score (nSPS) is 17.0. The first-order valence-corrected chi connectivity index (χ1v) is 12.3. The van der Waals surface area contributed by atoms with E-state index in [-0.39, 0.29) is 29.9 Å². The minimum atomic E-state index is -1.21. The summed E-state index contributed by atoms with van der Waals surface area (Å²) >= 11 is 0. The molecule has 1 aromatic carbocycles. The molecule has 2 aliphatic rings. The minimum Gasteiger partial charge on any atom is -0.478 e. The van der Waals surface area contributed by atoms with Gasteiger partial charge in [0.15, 0.2) is 0 Å². The number of rotatable bonds is 7. The van der Waals surface area contributed by atoms with E-state index in [2.05, 4.69) is 10.1 Å². The predicted molar refractivity (Wildman–Crippen MR) is 143 cm³/mol. The summed E-state index contributed by atoms with van der Waals surface area (Å²) in [6.07, 6.45) is 0.700. The van der Waals surface area contributed by atoms with E-state index in [1.165, 1.54) is 25.3 Å². The summed E-state index contributed by atoms with van der Waals surface area (Å²) in [5.41, 5.74) is 3.55. The molecule has 1 heterocycles. The van der Waals surface area contributed by atoms with Crippen molar-refractivity contribution in [1.29, 1.82) is 0 Å². The van der Waals surface area contributed by atoms with Crippen LogP contribution >= 0.6 is 0 Å². The quantitative estimate of drug-likeness (QED) is 0.249. The number of nitrogens with one attached hydrogen (secondary N) is 1. The SMILES string of the molecule is CCOC(=O)C1=C(C)NC(C)=C(C(=O)O)C1c1cccc([N+](=O)[O-])c1.COC(=O)C1=C(C)CC(C)=C(C(=O)O)C1. The van der Waals surface area contributed by atoms with Crippen molar-refractivity contribution in [3.05, 3.63) is 84.8 Å². The number of nitrogens with zero attached hydrogens (tertiary/aromatic N) is 1. The van der Waals surface area contributed by atoms with E-state index in [0.717, 1.165) is 11.1 Å². The lowest BCUT2D eigenvalue weighted by Crippen LogP contribution is -2.31. The lowest BCUT2D eigenvalue weighted by atomic mass is 9.80. The number of carbonyl (C=O) groups is 4. The summed E-state index contributed by atoms with van der Waals surface area (Å²) in [6, 6.07) is 5.61. The van der Waals surface area contributed by atoms with Gasteiger partial charge >= 0.3 is 23.9 Å². The van der Waals surface area contributed by atoms with E-state index in [4.69, 9.17) is 9.84 Å². The van der Waals surface area contributed by atoms with Gasteiger partial charge in [0, 0.05) is 41.1 Å². The molecule has 0 radical (unpaired) electrons. The molecule has 0 saturated carbocycles. The third-order valence-electron chi connectivity index (χ3n) is 6.50. The maximum Gasteiger partial charge on any atom is 0.336 e. The second-order valence-corrected chi connectivity index (χ2v) is 9.18. The molecule has 0 spiro atoms. The summed E-state index contributed by atoms with van der Waals surface area (Å²) in [4.78, 5) is 57.0. The van der Waals surface area contributed by atoms with E-state index >= 15 is 0 Å². The molecule has 1 aromatic rings. The minimum absolute atomic E-state index is 0.0471. The van der Waals surface area contributed by atoms with E-state index in [0.29, 0.717) is 34.5 Å². The number of dihydropyridines is 1. The second-order valence-electron chi connectivity index (χ2n) is 9.18. The molecular weight excluding hydrogens is 524 g/mol. The highest BCUT2D eigenvalue weighted by Gasteiger charge is 2.37. The maximum absolute atomic E-state index is 12.4. The summed E-state index contributed by atoms with van der Waals surface area (Å²) in [6.45, 7) is 8.60. The van der Waals surface area contributed by atoms with Gasteiger partial charge in [-0.2, -0.15) is 0 Å². The van der Waals surface area contributed by atoms with Crippen molar-refractivity contribution >= 4 is 29.6 Å². The number of nitro groups is 1. The molecule has 0 saturated heterocycles. The average molecular weight is 557 g/mol. The number of carbonyl (C=O) groups excluding carboxylic acids is 2. The van der Waals surface area contributed by atoms with Crippen LogP contribution < -0.4 is 5.32 Å². The van der Waals surface area contributed by atoms with Crippen LogP contribution in [0.3, 0.4) is 0 Å². The molecule has 12 nitrogen and oxygen atoms in total. The second kappa shape index (κ2) is 13.4. The number of hydrogen-bond acceptors (Lipinski definition) is 9. The van der Waals surface area contributed by atoms with Crippen molar-refractivity contribution < 1.29 is 43.8 Å². The van der Waals surface area contributed by atoms with Crippen molar-refractivity contribution in [2.75, 3.05) is 13.7 Å². The third-order valence-corrected chi connectivity index (χ3v) is 6.50. The molecule has 1 aliphatic heterocycles. The zero-order valence-corrected chi connectivity index (χ0v) is 23.1. The Morgan fingerprint density at radius 1 is 0.950 bits per heavy atom. The number of ether oxygens (including phenoxy) is 2. The zero-order chi connectivity index (χ0) is 30.3. The summed E-state index contributed by atoms with van der Waals surface area (Å²) < 4.78 is 9.67. The summed E-state index contributed by atoms with van der Waals surface area (Å²) in [7, 11) is 1.30. The van der Waals surface area contributed by atoms with E-state index in [9.17, 15) is 34.4 Å². The third kappa shape index (κ3) is 7.01. The highest BCUT2D eigenvalue weighted by atomic mass is 16.6.